The number of fused-ring (bicyclic) bond motifs is 2. The lowest BCUT2D eigenvalue weighted by Gasteiger charge is -2.08. The fourth-order valence-corrected chi connectivity index (χ4v) is 3.30. The first-order chi connectivity index (χ1) is 13.1. The van der Waals surface area contributed by atoms with Crippen molar-refractivity contribution in [1.82, 2.24) is 19.9 Å². The first kappa shape index (κ1) is 17.3. The molecule has 2 heterocycles. The molecule has 4 aromatic rings. The molecule has 0 spiro atoms. The van der Waals surface area contributed by atoms with Gasteiger partial charge < -0.3 is 10.3 Å². The molecular weight excluding hydrogens is 364 g/mol. The molecular formula is C20H17ClN4O2. The van der Waals surface area contributed by atoms with E-state index in [-0.39, 0.29) is 18.0 Å². The van der Waals surface area contributed by atoms with Crippen LogP contribution in [0, 0.1) is 0 Å². The van der Waals surface area contributed by atoms with Gasteiger partial charge in [-0.25, -0.2) is 4.98 Å². The van der Waals surface area contributed by atoms with Gasteiger partial charge in [-0.1, -0.05) is 29.8 Å². The number of rotatable bonds is 5. The molecule has 136 valence electrons. The predicted octanol–water partition coefficient (Wildman–Crippen LogP) is 2.89. The Hall–Kier alpha value is -3.12. The average Bonchev–Trinajstić information content (AvgIpc) is 3.07. The number of para-hydroxylation sites is 1. The number of aromatic amines is 1. The summed E-state index contributed by atoms with van der Waals surface area (Å²) in [6.45, 7) is 0.421. The van der Waals surface area contributed by atoms with Gasteiger partial charge in [0, 0.05) is 28.7 Å². The molecule has 0 saturated heterocycles. The van der Waals surface area contributed by atoms with Crippen LogP contribution in [0.4, 0.5) is 0 Å². The van der Waals surface area contributed by atoms with Gasteiger partial charge in [0.25, 0.3) is 5.56 Å². The van der Waals surface area contributed by atoms with E-state index in [1.807, 2.05) is 24.4 Å². The van der Waals surface area contributed by atoms with Crippen LogP contribution in [0.25, 0.3) is 21.8 Å². The first-order valence-electron chi connectivity index (χ1n) is 8.58. The van der Waals surface area contributed by atoms with Crippen molar-refractivity contribution in [3.63, 3.8) is 0 Å². The molecule has 2 aromatic carbocycles. The lowest BCUT2D eigenvalue weighted by atomic mass is 10.1. The van der Waals surface area contributed by atoms with Crippen molar-refractivity contribution < 1.29 is 4.79 Å². The van der Waals surface area contributed by atoms with Crippen LogP contribution in [0.15, 0.2) is 59.8 Å². The van der Waals surface area contributed by atoms with E-state index in [0.29, 0.717) is 28.9 Å². The minimum Gasteiger partial charge on any atom is -0.361 e. The molecule has 4 rings (SSSR count). The number of hydrogen-bond acceptors (Lipinski definition) is 3. The highest BCUT2D eigenvalue weighted by Gasteiger charge is 2.09. The van der Waals surface area contributed by atoms with Crippen LogP contribution in [0.5, 0.6) is 0 Å². The van der Waals surface area contributed by atoms with E-state index in [4.69, 9.17) is 11.6 Å². The second-order valence-corrected chi connectivity index (χ2v) is 6.73. The van der Waals surface area contributed by atoms with Crippen LogP contribution in [0.2, 0.25) is 5.02 Å². The molecule has 0 saturated carbocycles. The number of nitrogens with one attached hydrogen (secondary N) is 2. The van der Waals surface area contributed by atoms with Crippen LogP contribution >= 0.6 is 11.6 Å². The molecule has 27 heavy (non-hydrogen) atoms. The number of carbonyl (C=O) groups excluding carboxylic acids is 1. The number of H-pyrrole nitrogens is 1. The van der Waals surface area contributed by atoms with Crippen LogP contribution < -0.4 is 10.9 Å². The molecule has 0 aliphatic rings. The molecule has 6 nitrogen and oxygen atoms in total. The maximum Gasteiger partial charge on any atom is 0.261 e. The molecule has 2 aromatic heterocycles. The zero-order chi connectivity index (χ0) is 18.8. The highest BCUT2D eigenvalue weighted by Crippen LogP contribution is 2.17. The monoisotopic (exact) mass is 380 g/mol. The van der Waals surface area contributed by atoms with Crippen molar-refractivity contribution in [2.24, 2.45) is 0 Å². The van der Waals surface area contributed by atoms with Crippen molar-refractivity contribution in [3.05, 3.63) is 75.9 Å². The third-order valence-electron chi connectivity index (χ3n) is 4.49. The van der Waals surface area contributed by atoms with E-state index in [1.54, 1.807) is 18.2 Å². The van der Waals surface area contributed by atoms with E-state index >= 15 is 0 Å². The Morgan fingerprint density at radius 1 is 1.19 bits per heavy atom. The normalized spacial score (nSPS) is 11.1. The number of hydrogen-bond donors (Lipinski definition) is 2. The van der Waals surface area contributed by atoms with Gasteiger partial charge >= 0.3 is 0 Å². The number of carbonyl (C=O) groups is 1. The molecule has 0 unspecified atom stereocenters. The predicted molar refractivity (Wildman–Crippen MR) is 106 cm³/mol. The van der Waals surface area contributed by atoms with E-state index < -0.39 is 0 Å². The fraction of sp³-hybridized carbons (Fsp3) is 0.150. The Balaban J connectivity index is 1.41. The largest absolute Gasteiger partial charge is 0.361 e. The maximum atomic E-state index is 12.5. The summed E-state index contributed by atoms with van der Waals surface area (Å²) >= 11 is 5.92. The summed E-state index contributed by atoms with van der Waals surface area (Å²) in [4.78, 5) is 32.1. The summed E-state index contributed by atoms with van der Waals surface area (Å²) in [5.41, 5.74) is 2.48. The van der Waals surface area contributed by atoms with Crippen molar-refractivity contribution in [2.45, 2.75) is 13.0 Å². The number of benzene rings is 2. The highest BCUT2D eigenvalue weighted by molar-refractivity contribution is 6.31. The Bertz CT molecular complexity index is 1200. The summed E-state index contributed by atoms with van der Waals surface area (Å²) < 4.78 is 1.30. The number of halogens is 1. The standard InChI is InChI=1S/C20H17ClN4O2/c21-14-5-6-16-18(9-14)24-12-25(20(16)27)11-19(26)22-8-7-13-10-23-17-4-2-1-3-15(13)17/h1-6,9-10,12,23H,7-8,11H2,(H,22,26). The van der Waals surface area contributed by atoms with Gasteiger partial charge in [0.15, 0.2) is 0 Å². The van der Waals surface area contributed by atoms with E-state index in [1.165, 1.54) is 10.9 Å². The van der Waals surface area contributed by atoms with E-state index in [0.717, 1.165) is 16.5 Å². The highest BCUT2D eigenvalue weighted by atomic mass is 35.5. The second kappa shape index (κ2) is 7.25. The van der Waals surface area contributed by atoms with Crippen LogP contribution in [-0.4, -0.2) is 27.0 Å². The zero-order valence-electron chi connectivity index (χ0n) is 14.4. The van der Waals surface area contributed by atoms with Crippen molar-refractivity contribution in [3.8, 4) is 0 Å². The van der Waals surface area contributed by atoms with Crippen molar-refractivity contribution in [2.75, 3.05) is 6.54 Å². The molecule has 0 aliphatic carbocycles. The summed E-state index contributed by atoms with van der Waals surface area (Å²) in [6.07, 6.45) is 4.04. The minimum absolute atomic E-state index is 0.0711. The van der Waals surface area contributed by atoms with Gasteiger partial charge in [0.2, 0.25) is 5.91 Å². The number of nitrogens with zero attached hydrogens (tertiary/aromatic N) is 2. The Labute approximate surface area is 159 Å². The average molecular weight is 381 g/mol. The second-order valence-electron chi connectivity index (χ2n) is 6.30. The van der Waals surface area contributed by atoms with Gasteiger partial charge in [-0.05, 0) is 36.2 Å². The maximum absolute atomic E-state index is 12.5. The van der Waals surface area contributed by atoms with E-state index in [9.17, 15) is 9.59 Å². The van der Waals surface area contributed by atoms with Gasteiger partial charge in [-0.15, -0.1) is 0 Å². The van der Waals surface area contributed by atoms with Crippen molar-refractivity contribution in [1.29, 1.82) is 0 Å². The third kappa shape index (κ3) is 3.57. The Morgan fingerprint density at radius 3 is 2.93 bits per heavy atom. The quantitative estimate of drug-likeness (QED) is 0.558. The minimum atomic E-state index is -0.261. The SMILES string of the molecule is O=C(Cn1cnc2cc(Cl)ccc2c1=O)NCCc1c[nH]c2ccccc12. The summed E-state index contributed by atoms with van der Waals surface area (Å²) in [5, 5.41) is 4.96. The van der Waals surface area contributed by atoms with E-state index in [2.05, 4.69) is 21.4 Å². The van der Waals surface area contributed by atoms with Gasteiger partial charge in [-0.3, -0.25) is 14.2 Å². The lowest BCUT2D eigenvalue weighted by Crippen LogP contribution is -2.33. The smallest absolute Gasteiger partial charge is 0.261 e. The summed E-state index contributed by atoms with van der Waals surface area (Å²) in [7, 11) is 0. The van der Waals surface area contributed by atoms with Crippen LogP contribution in [-0.2, 0) is 17.8 Å². The van der Waals surface area contributed by atoms with Gasteiger partial charge in [0.05, 0.1) is 17.2 Å². The van der Waals surface area contributed by atoms with Gasteiger partial charge in [-0.2, -0.15) is 0 Å². The Morgan fingerprint density at radius 2 is 2.04 bits per heavy atom. The Kier molecular flexibility index (Phi) is 4.64. The van der Waals surface area contributed by atoms with Crippen molar-refractivity contribution >= 4 is 39.3 Å². The molecule has 0 atom stereocenters. The molecule has 0 fully saturated rings. The fourth-order valence-electron chi connectivity index (χ4n) is 3.13. The number of aromatic nitrogens is 3. The molecule has 2 N–H and O–H groups in total. The third-order valence-corrected chi connectivity index (χ3v) is 4.73. The zero-order valence-corrected chi connectivity index (χ0v) is 15.2. The van der Waals surface area contributed by atoms with Crippen LogP contribution in [0.1, 0.15) is 5.56 Å². The molecule has 0 radical (unpaired) electrons. The molecule has 0 bridgehead atoms. The van der Waals surface area contributed by atoms with Crippen LogP contribution in [0.3, 0.4) is 0 Å². The topological polar surface area (TPSA) is 79.8 Å². The summed E-state index contributed by atoms with van der Waals surface area (Å²) in [6, 6.07) is 12.9. The van der Waals surface area contributed by atoms with Gasteiger partial charge in [0.1, 0.15) is 6.54 Å². The lowest BCUT2D eigenvalue weighted by molar-refractivity contribution is -0.121. The molecule has 0 aliphatic heterocycles. The molecule has 7 heteroatoms. The first-order valence-corrected chi connectivity index (χ1v) is 8.96. The number of amides is 1. The molecule has 1 amide bonds. The summed E-state index contributed by atoms with van der Waals surface area (Å²) in [5.74, 6) is -0.230.